The molecule has 4 aromatic rings. The van der Waals surface area contributed by atoms with E-state index in [1.165, 1.54) is 31.4 Å². The van der Waals surface area contributed by atoms with E-state index in [0.717, 1.165) is 0 Å². The predicted molar refractivity (Wildman–Crippen MR) is 110 cm³/mol. The molecule has 3 aromatic heterocycles. The molecule has 0 unspecified atom stereocenters. The highest BCUT2D eigenvalue weighted by molar-refractivity contribution is 6.13. The second-order valence-electron chi connectivity index (χ2n) is 6.77. The standard InChI is InChI=1S/C21H18FN5O3/c1-11-19-14(10-17(18-5-4-8-30-18)24-20(19)27(3)26-11)21(29)25-16-9-13(23-12(2)28)6-7-15(16)22/h4-10H,1-3H3,(H,23,28)(H,25,29). The van der Waals surface area contributed by atoms with Crippen LogP contribution in [0, 0.1) is 12.7 Å². The van der Waals surface area contributed by atoms with E-state index in [4.69, 9.17) is 4.42 Å². The van der Waals surface area contributed by atoms with Crippen molar-refractivity contribution in [3.8, 4) is 11.5 Å². The lowest BCUT2D eigenvalue weighted by Crippen LogP contribution is -2.15. The highest BCUT2D eigenvalue weighted by Crippen LogP contribution is 2.28. The number of carbonyl (C=O) groups excluding carboxylic acids is 2. The molecule has 0 saturated heterocycles. The summed E-state index contributed by atoms with van der Waals surface area (Å²) in [5, 5.41) is 10.1. The number of rotatable bonds is 4. The molecule has 30 heavy (non-hydrogen) atoms. The van der Waals surface area contributed by atoms with Crippen molar-refractivity contribution in [2.45, 2.75) is 13.8 Å². The number of aryl methyl sites for hydroxylation is 2. The van der Waals surface area contributed by atoms with Crippen molar-refractivity contribution in [3.05, 3.63) is 59.7 Å². The van der Waals surface area contributed by atoms with Gasteiger partial charge < -0.3 is 15.1 Å². The van der Waals surface area contributed by atoms with Crippen LogP contribution >= 0.6 is 0 Å². The number of benzene rings is 1. The Bertz CT molecular complexity index is 1280. The second kappa shape index (κ2) is 7.43. The van der Waals surface area contributed by atoms with Gasteiger partial charge in [0.05, 0.1) is 28.6 Å². The average molecular weight is 407 g/mol. The van der Waals surface area contributed by atoms with E-state index in [1.54, 1.807) is 36.9 Å². The number of hydrogen-bond acceptors (Lipinski definition) is 5. The molecular formula is C21H18FN5O3. The van der Waals surface area contributed by atoms with Crippen LogP contribution < -0.4 is 10.6 Å². The number of anilines is 2. The highest BCUT2D eigenvalue weighted by Gasteiger charge is 2.21. The van der Waals surface area contributed by atoms with Crippen molar-refractivity contribution < 1.29 is 18.4 Å². The summed E-state index contributed by atoms with van der Waals surface area (Å²) in [4.78, 5) is 29.0. The van der Waals surface area contributed by atoms with Crippen molar-refractivity contribution >= 4 is 34.2 Å². The van der Waals surface area contributed by atoms with E-state index in [1.807, 2.05) is 0 Å². The molecule has 0 aliphatic carbocycles. The molecule has 0 spiro atoms. The van der Waals surface area contributed by atoms with Crippen LogP contribution in [0.2, 0.25) is 0 Å². The molecule has 0 radical (unpaired) electrons. The third-order valence-corrected chi connectivity index (χ3v) is 4.52. The molecular weight excluding hydrogens is 389 g/mol. The summed E-state index contributed by atoms with van der Waals surface area (Å²) < 4.78 is 21.3. The normalized spacial score (nSPS) is 10.9. The van der Waals surface area contributed by atoms with E-state index in [9.17, 15) is 14.0 Å². The Labute approximate surface area is 170 Å². The number of aromatic nitrogens is 3. The molecule has 1 aromatic carbocycles. The number of hydrogen-bond donors (Lipinski definition) is 2. The fourth-order valence-corrected chi connectivity index (χ4v) is 3.27. The van der Waals surface area contributed by atoms with Crippen LogP contribution in [-0.4, -0.2) is 26.6 Å². The highest BCUT2D eigenvalue weighted by atomic mass is 19.1. The second-order valence-corrected chi connectivity index (χ2v) is 6.77. The number of halogens is 1. The van der Waals surface area contributed by atoms with Gasteiger partial charge in [0.15, 0.2) is 11.4 Å². The van der Waals surface area contributed by atoms with E-state index < -0.39 is 11.7 Å². The Balaban J connectivity index is 1.79. The maximum absolute atomic E-state index is 14.3. The summed E-state index contributed by atoms with van der Waals surface area (Å²) in [7, 11) is 1.73. The Kier molecular flexibility index (Phi) is 4.78. The lowest BCUT2D eigenvalue weighted by molar-refractivity contribution is -0.114. The first kappa shape index (κ1) is 19.3. The first-order chi connectivity index (χ1) is 14.3. The molecule has 9 heteroatoms. The quantitative estimate of drug-likeness (QED) is 0.534. The van der Waals surface area contributed by atoms with Crippen molar-refractivity contribution in [2.24, 2.45) is 7.05 Å². The lowest BCUT2D eigenvalue weighted by Gasteiger charge is -2.11. The zero-order chi connectivity index (χ0) is 21.4. The molecule has 0 atom stereocenters. The maximum atomic E-state index is 14.3. The Morgan fingerprint density at radius 2 is 1.97 bits per heavy atom. The molecule has 0 aliphatic rings. The van der Waals surface area contributed by atoms with Crippen LogP contribution in [0.15, 0.2) is 47.1 Å². The molecule has 8 nitrogen and oxygen atoms in total. The summed E-state index contributed by atoms with van der Waals surface area (Å²) in [6.45, 7) is 3.11. The van der Waals surface area contributed by atoms with Crippen LogP contribution in [0.3, 0.4) is 0 Å². The monoisotopic (exact) mass is 407 g/mol. The van der Waals surface area contributed by atoms with Gasteiger partial charge in [-0.1, -0.05) is 0 Å². The van der Waals surface area contributed by atoms with E-state index in [-0.39, 0.29) is 17.2 Å². The number of nitrogens with zero attached hydrogens (tertiary/aromatic N) is 3. The molecule has 2 amide bonds. The number of carbonyl (C=O) groups is 2. The van der Waals surface area contributed by atoms with Gasteiger partial charge in [-0.15, -0.1) is 0 Å². The minimum atomic E-state index is -0.628. The summed E-state index contributed by atoms with van der Waals surface area (Å²) in [5.41, 5.74) is 2.15. The minimum absolute atomic E-state index is 0.0581. The van der Waals surface area contributed by atoms with Crippen LogP contribution in [0.1, 0.15) is 23.0 Å². The van der Waals surface area contributed by atoms with Gasteiger partial charge in [0, 0.05) is 19.7 Å². The zero-order valence-corrected chi connectivity index (χ0v) is 16.5. The van der Waals surface area contributed by atoms with Gasteiger partial charge in [-0.2, -0.15) is 5.10 Å². The van der Waals surface area contributed by atoms with E-state index in [0.29, 0.717) is 33.9 Å². The Morgan fingerprint density at radius 3 is 2.67 bits per heavy atom. The first-order valence-corrected chi connectivity index (χ1v) is 9.10. The van der Waals surface area contributed by atoms with Gasteiger partial charge in [0.25, 0.3) is 5.91 Å². The third kappa shape index (κ3) is 3.52. The van der Waals surface area contributed by atoms with Gasteiger partial charge in [0.2, 0.25) is 5.91 Å². The van der Waals surface area contributed by atoms with Crippen LogP contribution in [0.5, 0.6) is 0 Å². The molecule has 0 aliphatic heterocycles. The zero-order valence-electron chi connectivity index (χ0n) is 16.5. The molecule has 0 bridgehead atoms. The fourth-order valence-electron chi connectivity index (χ4n) is 3.27. The number of amides is 2. The number of nitrogens with one attached hydrogen (secondary N) is 2. The first-order valence-electron chi connectivity index (χ1n) is 9.10. The van der Waals surface area contributed by atoms with Crippen molar-refractivity contribution in [1.29, 1.82) is 0 Å². The largest absolute Gasteiger partial charge is 0.463 e. The van der Waals surface area contributed by atoms with Gasteiger partial charge in [-0.25, -0.2) is 9.37 Å². The van der Waals surface area contributed by atoms with Crippen molar-refractivity contribution in [2.75, 3.05) is 10.6 Å². The van der Waals surface area contributed by atoms with E-state index >= 15 is 0 Å². The summed E-state index contributed by atoms with van der Waals surface area (Å²) in [6.07, 6.45) is 1.51. The average Bonchev–Trinajstić information content (AvgIpc) is 3.32. The predicted octanol–water partition coefficient (Wildman–Crippen LogP) is 3.89. The molecule has 0 saturated carbocycles. The van der Waals surface area contributed by atoms with Crippen molar-refractivity contribution in [1.82, 2.24) is 14.8 Å². The van der Waals surface area contributed by atoms with Gasteiger partial charge in [-0.05, 0) is 43.3 Å². The van der Waals surface area contributed by atoms with Gasteiger partial charge in [-0.3, -0.25) is 14.3 Å². The topological polar surface area (TPSA) is 102 Å². The summed E-state index contributed by atoms with van der Waals surface area (Å²) >= 11 is 0. The van der Waals surface area contributed by atoms with Crippen LogP contribution in [-0.2, 0) is 11.8 Å². The van der Waals surface area contributed by atoms with Crippen LogP contribution in [0.25, 0.3) is 22.5 Å². The Morgan fingerprint density at radius 1 is 1.17 bits per heavy atom. The summed E-state index contributed by atoms with van der Waals surface area (Å²) in [5.74, 6) is -0.977. The minimum Gasteiger partial charge on any atom is -0.463 e. The molecule has 3 heterocycles. The molecule has 152 valence electrons. The lowest BCUT2D eigenvalue weighted by atomic mass is 10.1. The fraction of sp³-hybridized carbons (Fsp3) is 0.143. The third-order valence-electron chi connectivity index (χ3n) is 4.52. The van der Waals surface area contributed by atoms with Crippen LogP contribution in [0.4, 0.5) is 15.8 Å². The number of pyridine rings is 1. The summed E-state index contributed by atoms with van der Waals surface area (Å²) in [6, 6.07) is 8.98. The van der Waals surface area contributed by atoms with Gasteiger partial charge >= 0.3 is 0 Å². The molecule has 0 fully saturated rings. The Hall–Kier alpha value is -4.01. The molecule has 4 rings (SSSR count). The number of furan rings is 1. The maximum Gasteiger partial charge on any atom is 0.256 e. The van der Waals surface area contributed by atoms with E-state index in [2.05, 4.69) is 20.7 Å². The number of fused-ring (bicyclic) bond motifs is 1. The van der Waals surface area contributed by atoms with Gasteiger partial charge in [0.1, 0.15) is 11.5 Å². The molecule has 2 N–H and O–H groups in total. The van der Waals surface area contributed by atoms with Crippen molar-refractivity contribution in [3.63, 3.8) is 0 Å². The SMILES string of the molecule is CC(=O)Nc1ccc(F)c(NC(=O)c2cc(-c3ccco3)nc3c2c(C)nn3C)c1. The smallest absolute Gasteiger partial charge is 0.256 e.